The first kappa shape index (κ1) is 14.5. The summed E-state index contributed by atoms with van der Waals surface area (Å²) in [7, 11) is 3.27. The van der Waals surface area contributed by atoms with E-state index in [0.717, 1.165) is 33.5 Å². The molecule has 0 atom stereocenters. The first-order valence-corrected chi connectivity index (χ1v) is 7.69. The third-order valence-corrected chi connectivity index (χ3v) is 4.08. The molecule has 4 aromatic rings. The number of benzene rings is 2. The van der Waals surface area contributed by atoms with Crippen LogP contribution in [0.2, 0.25) is 0 Å². The molecule has 0 saturated heterocycles. The highest BCUT2D eigenvalue weighted by Crippen LogP contribution is 2.34. The van der Waals surface area contributed by atoms with Crippen molar-refractivity contribution in [2.24, 2.45) is 0 Å². The van der Waals surface area contributed by atoms with E-state index in [2.05, 4.69) is 17.2 Å². The topological polar surface area (TPSA) is 48.7 Å². The van der Waals surface area contributed by atoms with Crippen LogP contribution in [0.3, 0.4) is 0 Å². The molecule has 5 heteroatoms. The summed E-state index contributed by atoms with van der Waals surface area (Å²) in [6, 6.07) is 16.0. The number of fused-ring (bicyclic) bond motifs is 3. The fourth-order valence-electron chi connectivity index (χ4n) is 2.98. The van der Waals surface area contributed by atoms with E-state index in [1.807, 2.05) is 47.8 Å². The Bertz CT molecular complexity index is 1050. The van der Waals surface area contributed by atoms with E-state index in [0.29, 0.717) is 11.5 Å². The van der Waals surface area contributed by atoms with Gasteiger partial charge in [0.05, 0.1) is 31.1 Å². The van der Waals surface area contributed by atoms with Crippen LogP contribution in [0, 0.1) is 6.92 Å². The summed E-state index contributed by atoms with van der Waals surface area (Å²) >= 11 is 0. The van der Waals surface area contributed by atoms with Crippen molar-refractivity contribution < 1.29 is 9.47 Å². The maximum absolute atomic E-state index is 5.43. The lowest BCUT2D eigenvalue weighted by Crippen LogP contribution is -1.97. The Morgan fingerprint density at radius 2 is 1.71 bits per heavy atom. The highest BCUT2D eigenvalue weighted by Gasteiger charge is 2.13. The molecule has 120 valence electrons. The molecule has 0 unspecified atom stereocenters. The molecule has 24 heavy (non-hydrogen) atoms. The van der Waals surface area contributed by atoms with Crippen LogP contribution < -0.4 is 9.47 Å². The number of methoxy groups -OCH3 is 2. The monoisotopic (exact) mass is 319 g/mol. The minimum atomic E-state index is 0.686. The SMILES string of the molecule is COc1ccc(-c2nc3cc(C)nn3c3ccccc23)cc1OC. The van der Waals surface area contributed by atoms with Crippen LogP contribution in [0.15, 0.2) is 48.5 Å². The van der Waals surface area contributed by atoms with Gasteiger partial charge in [0.1, 0.15) is 0 Å². The minimum absolute atomic E-state index is 0.686. The van der Waals surface area contributed by atoms with Crippen LogP contribution in [0.5, 0.6) is 11.5 Å². The maximum Gasteiger partial charge on any atom is 0.161 e. The average molecular weight is 319 g/mol. The summed E-state index contributed by atoms with van der Waals surface area (Å²) in [6.07, 6.45) is 0. The van der Waals surface area contributed by atoms with Crippen LogP contribution in [0.4, 0.5) is 0 Å². The summed E-state index contributed by atoms with van der Waals surface area (Å²) in [6.45, 7) is 1.97. The van der Waals surface area contributed by atoms with Crippen molar-refractivity contribution in [2.75, 3.05) is 14.2 Å². The predicted octanol–water partition coefficient (Wildman–Crippen LogP) is 3.88. The van der Waals surface area contributed by atoms with Crippen molar-refractivity contribution in [2.45, 2.75) is 6.92 Å². The number of ether oxygens (including phenoxy) is 2. The summed E-state index contributed by atoms with van der Waals surface area (Å²) in [5.41, 5.74) is 4.68. The molecule has 0 aliphatic carbocycles. The zero-order valence-corrected chi connectivity index (χ0v) is 13.8. The van der Waals surface area contributed by atoms with Gasteiger partial charge in [0, 0.05) is 17.0 Å². The molecule has 0 amide bonds. The van der Waals surface area contributed by atoms with Crippen LogP contribution >= 0.6 is 0 Å². The highest BCUT2D eigenvalue weighted by atomic mass is 16.5. The molecule has 0 radical (unpaired) electrons. The first-order chi connectivity index (χ1) is 11.7. The fraction of sp³-hybridized carbons (Fsp3) is 0.158. The Labute approximate surface area is 139 Å². The van der Waals surface area contributed by atoms with Gasteiger partial charge in [-0.3, -0.25) is 0 Å². The Balaban J connectivity index is 2.05. The van der Waals surface area contributed by atoms with E-state index in [1.165, 1.54) is 0 Å². The molecular weight excluding hydrogens is 302 g/mol. The van der Waals surface area contributed by atoms with E-state index in [-0.39, 0.29) is 0 Å². The van der Waals surface area contributed by atoms with Gasteiger partial charge in [-0.15, -0.1) is 0 Å². The van der Waals surface area contributed by atoms with Gasteiger partial charge >= 0.3 is 0 Å². The van der Waals surface area contributed by atoms with E-state index >= 15 is 0 Å². The molecule has 0 aliphatic heterocycles. The Morgan fingerprint density at radius 3 is 2.50 bits per heavy atom. The fourth-order valence-corrected chi connectivity index (χ4v) is 2.98. The molecule has 2 aromatic carbocycles. The smallest absolute Gasteiger partial charge is 0.161 e. The summed E-state index contributed by atoms with van der Waals surface area (Å²) in [4.78, 5) is 4.83. The number of aromatic nitrogens is 3. The van der Waals surface area contributed by atoms with Gasteiger partial charge in [0.25, 0.3) is 0 Å². The quantitative estimate of drug-likeness (QED) is 0.575. The number of para-hydroxylation sites is 1. The van der Waals surface area contributed by atoms with E-state index in [9.17, 15) is 0 Å². The lowest BCUT2D eigenvalue weighted by atomic mass is 10.1. The standard InChI is InChI=1S/C19H17N3O2/c1-12-10-18-20-19(13-8-9-16(23-2)17(11-13)24-3)14-6-4-5-7-15(14)22(18)21-12/h4-11H,1-3H3. The van der Waals surface area contributed by atoms with Gasteiger partial charge in [-0.1, -0.05) is 18.2 Å². The zero-order chi connectivity index (χ0) is 16.7. The molecule has 0 N–H and O–H groups in total. The highest BCUT2D eigenvalue weighted by molar-refractivity contribution is 5.94. The van der Waals surface area contributed by atoms with Crippen LogP contribution in [0.25, 0.3) is 27.8 Å². The van der Waals surface area contributed by atoms with Crippen molar-refractivity contribution >= 4 is 16.6 Å². The Kier molecular flexibility index (Phi) is 3.34. The van der Waals surface area contributed by atoms with Gasteiger partial charge in [-0.2, -0.15) is 5.10 Å². The Morgan fingerprint density at radius 1 is 0.917 bits per heavy atom. The molecule has 5 nitrogen and oxygen atoms in total. The second-order valence-electron chi connectivity index (χ2n) is 5.60. The van der Waals surface area contributed by atoms with Crippen LogP contribution in [-0.2, 0) is 0 Å². The predicted molar refractivity (Wildman–Crippen MR) is 93.8 cm³/mol. The van der Waals surface area contributed by atoms with E-state index in [4.69, 9.17) is 14.5 Å². The summed E-state index contributed by atoms with van der Waals surface area (Å²) in [5.74, 6) is 1.39. The van der Waals surface area contributed by atoms with Crippen molar-refractivity contribution in [3.63, 3.8) is 0 Å². The number of hydrogen-bond acceptors (Lipinski definition) is 4. The van der Waals surface area contributed by atoms with Crippen LogP contribution in [-0.4, -0.2) is 28.8 Å². The lowest BCUT2D eigenvalue weighted by molar-refractivity contribution is 0.355. The number of aryl methyl sites for hydroxylation is 1. The molecule has 4 rings (SSSR count). The van der Waals surface area contributed by atoms with Crippen molar-refractivity contribution in [1.82, 2.24) is 14.6 Å². The van der Waals surface area contributed by atoms with Gasteiger partial charge in [-0.05, 0) is 31.2 Å². The molecule has 0 aliphatic rings. The minimum Gasteiger partial charge on any atom is -0.493 e. The number of hydrogen-bond donors (Lipinski definition) is 0. The molecule has 0 saturated carbocycles. The molecule has 2 aromatic heterocycles. The van der Waals surface area contributed by atoms with Crippen molar-refractivity contribution in [3.8, 4) is 22.8 Å². The molecule has 0 bridgehead atoms. The third kappa shape index (κ3) is 2.17. The van der Waals surface area contributed by atoms with Crippen LogP contribution in [0.1, 0.15) is 5.69 Å². The second kappa shape index (κ2) is 5.53. The Hall–Kier alpha value is -3.08. The second-order valence-corrected chi connectivity index (χ2v) is 5.60. The maximum atomic E-state index is 5.43. The van der Waals surface area contributed by atoms with Gasteiger partial charge < -0.3 is 9.47 Å². The molecular formula is C19H17N3O2. The summed E-state index contributed by atoms with van der Waals surface area (Å²) < 4.78 is 12.6. The van der Waals surface area contributed by atoms with E-state index < -0.39 is 0 Å². The van der Waals surface area contributed by atoms with Gasteiger partial charge in [0.15, 0.2) is 17.1 Å². The first-order valence-electron chi connectivity index (χ1n) is 7.69. The molecule has 0 fully saturated rings. The van der Waals surface area contributed by atoms with Crippen molar-refractivity contribution in [1.29, 1.82) is 0 Å². The third-order valence-electron chi connectivity index (χ3n) is 4.08. The normalized spacial score (nSPS) is 11.1. The lowest BCUT2D eigenvalue weighted by Gasteiger charge is -2.11. The van der Waals surface area contributed by atoms with Crippen molar-refractivity contribution in [3.05, 3.63) is 54.2 Å². The van der Waals surface area contributed by atoms with E-state index in [1.54, 1.807) is 14.2 Å². The molecule has 2 heterocycles. The largest absolute Gasteiger partial charge is 0.493 e. The van der Waals surface area contributed by atoms with Gasteiger partial charge in [-0.25, -0.2) is 9.50 Å². The number of rotatable bonds is 3. The summed E-state index contributed by atoms with van der Waals surface area (Å²) in [5, 5.41) is 5.59. The molecule has 0 spiro atoms. The average Bonchev–Trinajstić information content (AvgIpc) is 3.01. The zero-order valence-electron chi connectivity index (χ0n) is 13.8. The number of nitrogens with zero attached hydrogens (tertiary/aromatic N) is 3. The van der Waals surface area contributed by atoms with Gasteiger partial charge in [0.2, 0.25) is 0 Å².